The Bertz CT molecular complexity index is 754. The van der Waals surface area contributed by atoms with Gasteiger partial charge in [-0.05, 0) is 24.6 Å². The van der Waals surface area contributed by atoms with E-state index in [0.29, 0.717) is 24.1 Å². The van der Waals surface area contributed by atoms with Gasteiger partial charge in [0.25, 0.3) is 0 Å². The average Bonchev–Trinajstić information content (AvgIpc) is 2.88. The number of nitrogens with zero attached hydrogens (tertiary/aromatic N) is 1. The monoisotopic (exact) mass is 365 g/mol. The van der Waals surface area contributed by atoms with Crippen LogP contribution in [0.4, 0.5) is 25.4 Å². The molecule has 0 radical (unpaired) electrons. The first kappa shape index (κ1) is 18.0. The Balaban J connectivity index is 1.79. The number of halogens is 1. The van der Waals surface area contributed by atoms with Gasteiger partial charge in [-0.25, -0.2) is 14.0 Å². The number of nitrogens with one attached hydrogen (secondary N) is 2. The summed E-state index contributed by atoms with van der Waals surface area (Å²) in [4.78, 5) is 36.4. The number of ether oxygens (including phenoxy) is 2. The van der Waals surface area contributed by atoms with Crippen molar-refractivity contribution in [2.24, 2.45) is 0 Å². The number of hydrogen-bond acceptors (Lipinski definition) is 5. The smallest absolute Gasteiger partial charge is 0.414 e. The van der Waals surface area contributed by atoms with Crippen molar-refractivity contribution < 1.29 is 28.2 Å². The molecule has 2 N–H and O–H groups in total. The third kappa shape index (κ3) is 3.71. The van der Waals surface area contributed by atoms with Gasteiger partial charge in [-0.15, -0.1) is 0 Å². The van der Waals surface area contributed by atoms with E-state index in [1.165, 1.54) is 11.0 Å². The predicted octanol–water partition coefficient (Wildman–Crippen LogP) is 2.17. The fraction of sp³-hybridized carbons (Fsp3) is 0.471. The zero-order valence-electron chi connectivity index (χ0n) is 14.5. The Morgan fingerprint density at radius 2 is 2.15 bits per heavy atom. The van der Waals surface area contributed by atoms with Crippen molar-refractivity contribution in [1.82, 2.24) is 5.32 Å². The molecule has 8 nitrogen and oxygen atoms in total. The highest BCUT2D eigenvalue weighted by Crippen LogP contribution is 2.32. The van der Waals surface area contributed by atoms with Crippen LogP contribution in [0.2, 0.25) is 0 Å². The van der Waals surface area contributed by atoms with Crippen LogP contribution in [0.5, 0.6) is 0 Å². The van der Waals surface area contributed by atoms with E-state index in [0.717, 1.165) is 0 Å². The second-order valence-corrected chi connectivity index (χ2v) is 6.28. The molecule has 3 rings (SSSR count). The van der Waals surface area contributed by atoms with Gasteiger partial charge in [-0.2, -0.15) is 0 Å². The van der Waals surface area contributed by atoms with Gasteiger partial charge in [-0.1, -0.05) is 6.92 Å². The summed E-state index contributed by atoms with van der Waals surface area (Å²) in [5, 5.41) is 5.05. The normalized spacial score (nSPS) is 22.0. The second-order valence-electron chi connectivity index (χ2n) is 6.28. The Labute approximate surface area is 149 Å². The molecular weight excluding hydrogens is 345 g/mol. The molecule has 9 heteroatoms. The van der Waals surface area contributed by atoms with Gasteiger partial charge in [0.05, 0.1) is 24.5 Å². The van der Waals surface area contributed by atoms with Crippen LogP contribution in [0.25, 0.3) is 0 Å². The van der Waals surface area contributed by atoms with Crippen molar-refractivity contribution in [3.05, 3.63) is 23.5 Å². The van der Waals surface area contributed by atoms with Crippen LogP contribution < -0.4 is 15.5 Å². The molecule has 2 atom stereocenters. The molecule has 1 unspecified atom stereocenters. The molecule has 3 amide bonds. The lowest BCUT2D eigenvalue weighted by molar-refractivity contribution is -0.121. The molecule has 1 aromatic carbocycles. The first-order chi connectivity index (χ1) is 12.4. The van der Waals surface area contributed by atoms with Gasteiger partial charge in [0.1, 0.15) is 18.0 Å². The largest absolute Gasteiger partial charge is 0.446 e. The van der Waals surface area contributed by atoms with Gasteiger partial charge in [0.15, 0.2) is 0 Å². The molecule has 0 saturated carbocycles. The van der Waals surface area contributed by atoms with Crippen LogP contribution in [0, 0.1) is 5.82 Å². The number of rotatable bonds is 4. The van der Waals surface area contributed by atoms with E-state index < -0.39 is 30.2 Å². The van der Waals surface area contributed by atoms with E-state index in [4.69, 9.17) is 9.47 Å². The summed E-state index contributed by atoms with van der Waals surface area (Å²) in [5.41, 5.74) is 0.926. The van der Waals surface area contributed by atoms with E-state index in [-0.39, 0.29) is 24.7 Å². The summed E-state index contributed by atoms with van der Waals surface area (Å²) in [5.74, 6) is -0.792. The molecule has 26 heavy (non-hydrogen) atoms. The van der Waals surface area contributed by atoms with Crippen molar-refractivity contribution in [2.45, 2.75) is 38.9 Å². The summed E-state index contributed by atoms with van der Waals surface area (Å²) < 4.78 is 24.8. The number of amides is 3. The fourth-order valence-corrected chi connectivity index (χ4v) is 2.96. The van der Waals surface area contributed by atoms with Crippen molar-refractivity contribution in [3.63, 3.8) is 0 Å². The zero-order chi connectivity index (χ0) is 18.8. The quantitative estimate of drug-likeness (QED) is 0.852. The number of fused-ring (bicyclic) bond motifs is 1. The topological polar surface area (TPSA) is 97.0 Å². The van der Waals surface area contributed by atoms with Gasteiger partial charge in [0, 0.05) is 12.8 Å². The maximum atomic E-state index is 14.5. The lowest BCUT2D eigenvalue weighted by Crippen LogP contribution is -2.34. The van der Waals surface area contributed by atoms with Gasteiger partial charge in [0.2, 0.25) is 5.91 Å². The Morgan fingerprint density at radius 3 is 2.88 bits per heavy atom. The van der Waals surface area contributed by atoms with Crippen molar-refractivity contribution >= 4 is 29.5 Å². The molecule has 0 bridgehead atoms. The van der Waals surface area contributed by atoms with E-state index in [1.807, 2.05) is 0 Å². The molecule has 1 aromatic rings. The highest BCUT2D eigenvalue weighted by atomic mass is 19.1. The summed E-state index contributed by atoms with van der Waals surface area (Å²) >= 11 is 0. The maximum Gasteiger partial charge on any atom is 0.414 e. The minimum atomic E-state index is -0.713. The number of cyclic esters (lactones) is 2. The minimum absolute atomic E-state index is 0.0578. The maximum absolute atomic E-state index is 14.5. The lowest BCUT2D eigenvalue weighted by Gasteiger charge is -2.17. The van der Waals surface area contributed by atoms with E-state index in [1.54, 1.807) is 19.9 Å². The number of carbonyl (C=O) groups excluding carboxylic acids is 3. The number of hydrogen-bond donors (Lipinski definition) is 2. The lowest BCUT2D eigenvalue weighted by atomic mass is 10.0. The summed E-state index contributed by atoms with van der Waals surface area (Å²) in [7, 11) is 0. The summed E-state index contributed by atoms with van der Waals surface area (Å²) in [6.07, 6.45) is -1.60. The number of benzene rings is 1. The number of anilines is 2. The van der Waals surface area contributed by atoms with Crippen LogP contribution in [-0.4, -0.2) is 43.4 Å². The Morgan fingerprint density at radius 1 is 1.38 bits per heavy atom. The van der Waals surface area contributed by atoms with E-state index >= 15 is 0 Å². The second kappa shape index (κ2) is 7.19. The zero-order valence-corrected chi connectivity index (χ0v) is 14.5. The predicted molar refractivity (Wildman–Crippen MR) is 90.6 cm³/mol. The minimum Gasteiger partial charge on any atom is -0.446 e. The summed E-state index contributed by atoms with van der Waals surface area (Å²) in [6.45, 7) is 3.82. The summed E-state index contributed by atoms with van der Waals surface area (Å²) in [6, 6.07) is 2.81. The Kier molecular flexibility index (Phi) is 4.97. The molecule has 1 saturated heterocycles. The van der Waals surface area contributed by atoms with Crippen molar-refractivity contribution in [3.8, 4) is 0 Å². The van der Waals surface area contributed by atoms with Crippen LogP contribution >= 0.6 is 0 Å². The Hall–Kier alpha value is -2.84. The third-order valence-corrected chi connectivity index (χ3v) is 4.23. The molecule has 0 aliphatic carbocycles. The van der Waals surface area contributed by atoms with Gasteiger partial charge >= 0.3 is 12.2 Å². The number of carbonyl (C=O) groups is 3. The molecule has 2 aliphatic heterocycles. The SMILES string of the molecule is CCC(=O)NC[C@H]1CN(c2cc(F)c3c(c2)CC(C)OC(=O)N3)C(=O)O1. The molecule has 140 valence electrons. The standard InChI is InChI=1S/C17H20FN3O5/c1-3-14(22)19-7-12-8-21(17(24)26-12)11-5-10-4-9(2)25-16(23)20-15(10)13(18)6-11/h5-6,9,12H,3-4,7-8H2,1-2H3,(H,19,22)(H,20,23)/t9?,12-/m0/s1. The van der Waals surface area contributed by atoms with Crippen LogP contribution in [0.3, 0.4) is 0 Å². The molecular formula is C17H20FN3O5. The van der Waals surface area contributed by atoms with Crippen molar-refractivity contribution in [2.75, 3.05) is 23.3 Å². The fourth-order valence-electron chi connectivity index (χ4n) is 2.96. The van der Waals surface area contributed by atoms with Crippen LogP contribution in [0.15, 0.2) is 12.1 Å². The first-order valence-electron chi connectivity index (χ1n) is 8.42. The average molecular weight is 365 g/mol. The van der Waals surface area contributed by atoms with Crippen molar-refractivity contribution in [1.29, 1.82) is 0 Å². The highest BCUT2D eigenvalue weighted by Gasteiger charge is 2.34. The third-order valence-electron chi connectivity index (χ3n) is 4.23. The van der Waals surface area contributed by atoms with Crippen LogP contribution in [-0.2, 0) is 20.7 Å². The first-order valence-corrected chi connectivity index (χ1v) is 8.42. The molecule has 1 fully saturated rings. The van der Waals surface area contributed by atoms with Crippen LogP contribution in [0.1, 0.15) is 25.8 Å². The molecule has 0 aromatic heterocycles. The van der Waals surface area contributed by atoms with Gasteiger partial charge < -0.3 is 14.8 Å². The van der Waals surface area contributed by atoms with E-state index in [2.05, 4.69) is 10.6 Å². The molecule has 2 heterocycles. The molecule has 0 spiro atoms. The van der Waals surface area contributed by atoms with E-state index in [9.17, 15) is 18.8 Å². The highest BCUT2D eigenvalue weighted by molar-refractivity contribution is 5.92. The van der Waals surface area contributed by atoms with Gasteiger partial charge in [-0.3, -0.25) is 15.0 Å². The molecule has 2 aliphatic rings.